The Morgan fingerprint density at radius 3 is 2.84 bits per heavy atom. The molecule has 0 spiro atoms. The zero-order chi connectivity index (χ0) is 13.7. The molecule has 0 aliphatic heterocycles. The first-order chi connectivity index (χ1) is 9.22. The van der Waals surface area contributed by atoms with Crippen LogP contribution in [0.3, 0.4) is 0 Å². The van der Waals surface area contributed by atoms with E-state index in [2.05, 4.69) is 0 Å². The van der Waals surface area contributed by atoms with Crippen molar-refractivity contribution in [3.05, 3.63) is 24.3 Å². The second-order valence-electron chi connectivity index (χ2n) is 5.34. The second kappa shape index (κ2) is 6.60. The summed E-state index contributed by atoms with van der Waals surface area (Å²) in [5.41, 5.74) is 0. The molecule has 1 aliphatic rings. The third-order valence-electron chi connectivity index (χ3n) is 3.97. The van der Waals surface area contributed by atoms with Gasteiger partial charge < -0.3 is 14.3 Å². The fourth-order valence-corrected chi connectivity index (χ4v) is 2.74. The van der Waals surface area contributed by atoms with E-state index in [4.69, 9.17) is 9.47 Å². The summed E-state index contributed by atoms with van der Waals surface area (Å²) < 4.78 is 11.2. The highest BCUT2D eigenvalue weighted by Gasteiger charge is 2.27. The first-order valence-corrected chi connectivity index (χ1v) is 6.99. The Hall–Kier alpha value is -1.51. The van der Waals surface area contributed by atoms with Crippen LogP contribution < -0.4 is 9.47 Å². The summed E-state index contributed by atoms with van der Waals surface area (Å²) in [6, 6.07) is 7.70. The molecule has 0 N–H and O–H groups in total. The lowest BCUT2D eigenvalue weighted by Gasteiger charge is -2.31. The first-order valence-electron chi connectivity index (χ1n) is 6.99. The second-order valence-corrected chi connectivity index (χ2v) is 5.34. The molecule has 19 heavy (non-hydrogen) atoms. The molecule has 0 aromatic heterocycles. The van der Waals surface area contributed by atoms with Crippen LogP contribution >= 0.6 is 0 Å². The third-order valence-corrected chi connectivity index (χ3v) is 3.97. The number of rotatable bonds is 5. The van der Waals surface area contributed by atoms with E-state index in [0.29, 0.717) is 5.92 Å². The predicted molar refractivity (Wildman–Crippen MR) is 74.6 cm³/mol. The van der Waals surface area contributed by atoms with Gasteiger partial charge in [-0.1, -0.05) is 13.0 Å². The molecule has 1 aromatic carbocycles. The minimum atomic E-state index is 0.136. The molecule has 3 heteroatoms. The van der Waals surface area contributed by atoms with Gasteiger partial charge in [-0.3, -0.25) is 0 Å². The maximum Gasteiger partial charge on any atom is 0.123 e. The average Bonchev–Trinajstić information content (AvgIpc) is 2.47. The SMILES string of the molecule is COc1cccc(O[C@H]2CCC[C@@H](C(C)C=O)C2)c1. The number of methoxy groups -OCH3 is 1. The Kier molecular flexibility index (Phi) is 4.83. The number of benzene rings is 1. The van der Waals surface area contributed by atoms with Crippen LogP contribution in [0.5, 0.6) is 11.5 Å². The Morgan fingerprint density at radius 2 is 2.11 bits per heavy atom. The summed E-state index contributed by atoms with van der Waals surface area (Å²) in [6.07, 6.45) is 5.60. The molecule has 1 aliphatic carbocycles. The molecule has 1 unspecified atom stereocenters. The van der Waals surface area contributed by atoms with E-state index in [1.807, 2.05) is 31.2 Å². The quantitative estimate of drug-likeness (QED) is 0.762. The van der Waals surface area contributed by atoms with Gasteiger partial charge in [0.1, 0.15) is 17.8 Å². The van der Waals surface area contributed by atoms with Crippen LogP contribution in [0.1, 0.15) is 32.6 Å². The normalized spacial score (nSPS) is 24.5. The molecule has 0 radical (unpaired) electrons. The molecular weight excluding hydrogens is 240 g/mol. The average molecular weight is 262 g/mol. The summed E-state index contributed by atoms with van der Waals surface area (Å²) in [5.74, 6) is 2.26. The van der Waals surface area contributed by atoms with Crippen LogP contribution in [-0.2, 0) is 4.79 Å². The van der Waals surface area contributed by atoms with Crippen LogP contribution in [0.15, 0.2) is 24.3 Å². The topological polar surface area (TPSA) is 35.5 Å². The van der Waals surface area contributed by atoms with Gasteiger partial charge in [0.2, 0.25) is 0 Å². The van der Waals surface area contributed by atoms with Crippen molar-refractivity contribution in [3.8, 4) is 11.5 Å². The van der Waals surface area contributed by atoms with Crippen molar-refractivity contribution in [2.75, 3.05) is 7.11 Å². The molecule has 1 fully saturated rings. The standard InChI is InChI=1S/C16H22O3/c1-12(11-17)13-5-3-7-15(9-13)19-16-8-4-6-14(10-16)18-2/h4,6,8,10-13,15H,3,5,7,9H2,1-2H3/t12?,13-,15+/m1/s1. The highest BCUT2D eigenvalue weighted by atomic mass is 16.5. The molecule has 3 nitrogen and oxygen atoms in total. The van der Waals surface area contributed by atoms with Gasteiger partial charge in [-0.2, -0.15) is 0 Å². The van der Waals surface area contributed by atoms with Gasteiger partial charge in [-0.05, 0) is 43.7 Å². The third kappa shape index (κ3) is 3.72. The van der Waals surface area contributed by atoms with Crippen molar-refractivity contribution in [1.29, 1.82) is 0 Å². The Bertz CT molecular complexity index is 416. The monoisotopic (exact) mass is 262 g/mol. The van der Waals surface area contributed by atoms with Crippen LogP contribution in [0.25, 0.3) is 0 Å². The smallest absolute Gasteiger partial charge is 0.123 e. The molecule has 104 valence electrons. The lowest BCUT2D eigenvalue weighted by Crippen LogP contribution is -2.29. The van der Waals surface area contributed by atoms with Gasteiger partial charge in [0, 0.05) is 12.0 Å². The summed E-state index contributed by atoms with van der Waals surface area (Å²) in [7, 11) is 1.65. The van der Waals surface area contributed by atoms with Gasteiger partial charge >= 0.3 is 0 Å². The first kappa shape index (κ1) is 13.9. The van der Waals surface area contributed by atoms with Crippen molar-refractivity contribution in [2.24, 2.45) is 11.8 Å². The predicted octanol–water partition coefficient (Wildman–Crippen LogP) is 3.47. The zero-order valence-electron chi connectivity index (χ0n) is 11.7. The minimum Gasteiger partial charge on any atom is -0.497 e. The summed E-state index contributed by atoms with van der Waals surface area (Å²) in [6.45, 7) is 2.01. The van der Waals surface area contributed by atoms with E-state index >= 15 is 0 Å². The van der Waals surface area contributed by atoms with Crippen molar-refractivity contribution in [3.63, 3.8) is 0 Å². The molecule has 1 saturated carbocycles. The summed E-state index contributed by atoms with van der Waals surface area (Å²) in [5, 5.41) is 0. The molecule has 3 atom stereocenters. The summed E-state index contributed by atoms with van der Waals surface area (Å²) >= 11 is 0. The van der Waals surface area contributed by atoms with Crippen LogP contribution in [-0.4, -0.2) is 19.5 Å². The maximum absolute atomic E-state index is 10.9. The number of hydrogen-bond donors (Lipinski definition) is 0. The van der Waals surface area contributed by atoms with Crippen molar-refractivity contribution in [2.45, 2.75) is 38.7 Å². The van der Waals surface area contributed by atoms with E-state index in [-0.39, 0.29) is 12.0 Å². The maximum atomic E-state index is 10.9. The number of carbonyl (C=O) groups is 1. The van der Waals surface area contributed by atoms with E-state index in [1.54, 1.807) is 7.11 Å². The Labute approximate surface area is 114 Å². The van der Waals surface area contributed by atoms with Crippen LogP contribution in [0.2, 0.25) is 0 Å². The van der Waals surface area contributed by atoms with Gasteiger partial charge in [-0.25, -0.2) is 0 Å². The van der Waals surface area contributed by atoms with Crippen LogP contribution in [0, 0.1) is 11.8 Å². The largest absolute Gasteiger partial charge is 0.497 e. The highest BCUT2D eigenvalue weighted by molar-refractivity contribution is 5.53. The van der Waals surface area contributed by atoms with Gasteiger partial charge in [0.15, 0.2) is 0 Å². The van der Waals surface area contributed by atoms with Crippen molar-refractivity contribution in [1.82, 2.24) is 0 Å². The van der Waals surface area contributed by atoms with Crippen molar-refractivity contribution >= 4 is 6.29 Å². The molecule has 0 heterocycles. The number of aldehydes is 1. The van der Waals surface area contributed by atoms with Gasteiger partial charge in [-0.15, -0.1) is 0 Å². The number of carbonyl (C=O) groups excluding carboxylic acids is 1. The lowest BCUT2D eigenvalue weighted by molar-refractivity contribution is -0.112. The Balaban J connectivity index is 1.96. The van der Waals surface area contributed by atoms with Crippen LogP contribution in [0.4, 0.5) is 0 Å². The fourth-order valence-electron chi connectivity index (χ4n) is 2.74. The minimum absolute atomic E-state index is 0.136. The van der Waals surface area contributed by atoms with Gasteiger partial charge in [0.25, 0.3) is 0 Å². The summed E-state index contributed by atoms with van der Waals surface area (Å²) in [4.78, 5) is 10.9. The number of ether oxygens (including phenoxy) is 2. The molecule has 0 amide bonds. The lowest BCUT2D eigenvalue weighted by atomic mass is 9.80. The molecule has 0 bridgehead atoms. The van der Waals surface area contributed by atoms with E-state index < -0.39 is 0 Å². The van der Waals surface area contributed by atoms with E-state index in [1.165, 1.54) is 0 Å². The molecule has 2 rings (SSSR count). The highest BCUT2D eigenvalue weighted by Crippen LogP contribution is 2.32. The molecule has 1 aromatic rings. The van der Waals surface area contributed by atoms with E-state index in [9.17, 15) is 4.79 Å². The Morgan fingerprint density at radius 1 is 1.32 bits per heavy atom. The fraction of sp³-hybridized carbons (Fsp3) is 0.562. The van der Waals surface area contributed by atoms with Crippen molar-refractivity contribution < 1.29 is 14.3 Å². The molecular formula is C16H22O3. The van der Waals surface area contributed by atoms with Gasteiger partial charge in [0.05, 0.1) is 13.2 Å². The number of hydrogen-bond acceptors (Lipinski definition) is 3. The van der Waals surface area contributed by atoms with E-state index in [0.717, 1.165) is 43.5 Å². The zero-order valence-corrected chi connectivity index (χ0v) is 11.7. The molecule has 0 saturated heterocycles.